The highest BCUT2D eigenvalue weighted by molar-refractivity contribution is 7.89. The second kappa shape index (κ2) is 8.63. The number of hydrogen-bond donors (Lipinski definition) is 1. The van der Waals surface area contributed by atoms with Gasteiger partial charge in [-0.3, -0.25) is 0 Å². The third-order valence-electron chi connectivity index (χ3n) is 4.62. The molecule has 31 heavy (non-hydrogen) atoms. The summed E-state index contributed by atoms with van der Waals surface area (Å²) >= 11 is 0. The first kappa shape index (κ1) is 23.3. The minimum atomic E-state index is -5.34. The highest BCUT2D eigenvalue weighted by atomic mass is 32.2. The molecule has 0 amide bonds. The van der Waals surface area contributed by atoms with Crippen LogP contribution in [0.5, 0.6) is 5.75 Å². The van der Waals surface area contributed by atoms with Crippen LogP contribution in [0.15, 0.2) is 29.2 Å². The van der Waals surface area contributed by atoms with Gasteiger partial charge in [0, 0.05) is 6.61 Å². The lowest BCUT2D eigenvalue weighted by molar-refractivity contribution is -0.0500. The Morgan fingerprint density at radius 3 is 2.16 bits per heavy atom. The summed E-state index contributed by atoms with van der Waals surface area (Å²) < 4.78 is 131. The van der Waals surface area contributed by atoms with Crippen LogP contribution < -0.4 is 9.46 Å². The van der Waals surface area contributed by atoms with E-state index in [2.05, 4.69) is 4.74 Å². The van der Waals surface area contributed by atoms with E-state index >= 15 is 0 Å². The molecule has 1 unspecified atom stereocenters. The zero-order valence-electron chi connectivity index (χ0n) is 15.4. The van der Waals surface area contributed by atoms with Crippen LogP contribution in [0.2, 0.25) is 0 Å². The number of halogens is 7. The Bertz CT molecular complexity index is 1060. The molecule has 0 spiro atoms. The van der Waals surface area contributed by atoms with E-state index in [1.807, 2.05) is 4.72 Å². The molecule has 170 valence electrons. The van der Waals surface area contributed by atoms with Crippen LogP contribution in [0.25, 0.3) is 0 Å². The van der Waals surface area contributed by atoms with Crippen LogP contribution in [0, 0.1) is 29.1 Å². The Labute approximate surface area is 171 Å². The zero-order chi connectivity index (χ0) is 23.0. The molecule has 3 rings (SSSR count). The molecule has 1 saturated heterocycles. The van der Waals surface area contributed by atoms with Crippen LogP contribution >= 0.6 is 0 Å². The Hall–Kier alpha value is -2.38. The van der Waals surface area contributed by atoms with Crippen LogP contribution in [-0.4, -0.2) is 28.2 Å². The fourth-order valence-electron chi connectivity index (χ4n) is 3.26. The van der Waals surface area contributed by atoms with Crippen molar-refractivity contribution in [3.63, 3.8) is 0 Å². The van der Waals surface area contributed by atoms with E-state index in [1.54, 1.807) is 0 Å². The van der Waals surface area contributed by atoms with Gasteiger partial charge in [-0.15, -0.1) is 0 Å². The van der Waals surface area contributed by atoms with Gasteiger partial charge < -0.3 is 9.47 Å². The lowest BCUT2D eigenvalue weighted by Crippen LogP contribution is -2.51. The summed E-state index contributed by atoms with van der Waals surface area (Å²) in [6, 6.07) is 4.79. The van der Waals surface area contributed by atoms with Crippen molar-refractivity contribution in [2.75, 3.05) is 13.2 Å². The van der Waals surface area contributed by atoms with Gasteiger partial charge in [0.2, 0.25) is 15.8 Å². The average molecular weight is 473 g/mol. The monoisotopic (exact) mass is 473 g/mol. The fourth-order valence-corrected chi connectivity index (χ4v) is 4.81. The molecule has 0 aromatic heterocycles. The lowest BCUT2D eigenvalue weighted by atomic mass is 9.86. The third-order valence-corrected chi connectivity index (χ3v) is 6.18. The molecule has 1 fully saturated rings. The van der Waals surface area contributed by atoms with E-state index in [-0.39, 0.29) is 30.8 Å². The maximum Gasteiger partial charge on any atom is 0.387 e. The summed E-state index contributed by atoms with van der Waals surface area (Å²) in [6.07, 6.45) is 0.208. The third kappa shape index (κ3) is 4.48. The molecular formula is C18H14F7NO4S. The van der Waals surface area contributed by atoms with E-state index in [0.717, 1.165) is 12.1 Å². The maximum atomic E-state index is 14.1. The Morgan fingerprint density at radius 2 is 1.61 bits per heavy atom. The number of rotatable bonds is 6. The highest BCUT2D eigenvalue weighted by Crippen LogP contribution is 2.36. The molecule has 1 aliphatic heterocycles. The van der Waals surface area contributed by atoms with E-state index in [9.17, 15) is 39.2 Å². The van der Waals surface area contributed by atoms with Gasteiger partial charge >= 0.3 is 6.61 Å². The summed E-state index contributed by atoms with van der Waals surface area (Å²) in [4.78, 5) is -2.06. The SMILES string of the molecule is O=S(=O)(NC1(c2cccc(OC(F)F)c2)CCCOC1)c1c(F)c(F)c(F)c(F)c1F. The van der Waals surface area contributed by atoms with Crippen molar-refractivity contribution >= 4 is 10.0 Å². The fraction of sp³-hybridized carbons (Fsp3) is 0.333. The number of ether oxygens (including phenoxy) is 2. The molecule has 13 heteroatoms. The van der Waals surface area contributed by atoms with Crippen LogP contribution in [0.4, 0.5) is 30.7 Å². The number of benzene rings is 2. The van der Waals surface area contributed by atoms with Crippen molar-refractivity contribution in [3.8, 4) is 5.75 Å². The van der Waals surface area contributed by atoms with Crippen molar-refractivity contribution in [1.82, 2.24) is 4.72 Å². The molecule has 1 heterocycles. The molecule has 0 radical (unpaired) electrons. The van der Waals surface area contributed by atoms with Crippen LogP contribution in [0.3, 0.4) is 0 Å². The van der Waals surface area contributed by atoms with Gasteiger partial charge in [-0.1, -0.05) is 12.1 Å². The smallest absolute Gasteiger partial charge is 0.387 e. The topological polar surface area (TPSA) is 64.6 Å². The van der Waals surface area contributed by atoms with Crippen molar-refractivity contribution < 1.29 is 48.6 Å². The Morgan fingerprint density at radius 1 is 1.00 bits per heavy atom. The van der Waals surface area contributed by atoms with Crippen molar-refractivity contribution in [3.05, 3.63) is 58.9 Å². The van der Waals surface area contributed by atoms with E-state index in [4.69, 9.17) is 4.74 Å². The average Bonchev–Trinajstić information content (AvgIpc) is 2.71. The largest absolute Gasteiger partial charge is 0.435 e. The summed E-state index contributed by atoms with van der Waals surface area (Å²) in [5, 5.41) is 0. The second-order valence-electron chi connectivity index (χ2n) is 6.65. The second-order valence-corrected chi connectivity index (χ2v) is 8.27. The normalized spacial score (nSPS) is 19.6. The van der Waals surface area contributed by atoms with Gasteiger partial charge in [0.05, 0.1) is 12.1 Å². The van der Waals surface area contributed by atoms with Gasteiger partial charge in [-0.2, -0.15) is 13.5 Å². The van der Waals surface area contributed by atoms with E-state index in [1.165, 1.54) is 12.1 Å². The standard InChI is InChI=1S/C18H14F7NO4S/c19-11-12(20)14(22)16(15(23)13(11)21)31(27,28)26-18(5-2-6-29-8-18)9-3-1-4-10(7-9)30-17(24)25/h1,3-4,7,17,26H,2,5-6,8H2. The number of hydrogen-bond acceptors (Lipinski definition) is 4. The highest BCUT2D eigenvalue weighted by Gasteiger charge is 2.42. The quantitative estimate of drug-likeness (QED) is 0.392. The van der Waals surface area contributed by atoms with Gasteiger partial charge in [0.15, 0.2) is 28.2 Å². The summed E-state index contributed by atoms with van der Waals surface area (Å²) in [5.74, 6) is -12.8. The molecule has 1 aliphatic rings. The summed E-state index contributed by atoms with van der Waals surface area (Å²) in [7, 11) is -5.34. The minimum absolute atomic E-state index is 0.0257. The number of nitrogens with one attached hydrogen (secondary N) is 1. The maximum absolute atomic E-state index is 14.1. The molecule has 1 N–H and O–H groups in total. The van der Waals surface area contributed by atoms with Gasteiger partial charge in [-0.05, 0) is 30.5 Å². The van der Waals surface area contributed by atoms with Gasteiger partial charge in [0.1, 0.15) is 5.75 Å². The van der Waals surface area contributed by atoms with Crippen molar-refractivity contribution in [2.45, 2.75) is 29.9 Å². The Kier molecular flexibility index (Phi) is 6.48. The zero-order valence-corrected chi connectivity index (χ0v) is 16.2. The minimum Gasteiger partial charge on any atom is -0.435 e. The molecular weight excluding hydrogens is 459 g/mol. The molecule has 2 aromatic rings. The lowest BCUT2D eigenvalue weighted by Gasteiger charge is -2.38. The molecule has 0 aliphatic carbocycles. The van der Waals surface area contributed by atoms with E-state index in [0.29, 0.717) is 0 Å². The molecule has 2 aromatic carbocycles. The van der Waals surface area contributed by atoms with Crippen LogP contribution in [0.1, 0.15) is 18.4 Å². The number of sulfonamides is 1. The summed E-state index contributed by atoms with van der Waals surface area (Å²) in [5.41, 5.74) is -1.73. The first-order chi connectivity index (χ1) is 14.5. The van der Waals surface area contributed by atoms with Crippen molar-refractivity contribution in [1.29, 1.82) is 0 Å². The van der Waals surface area contributed by atoms with E-state index < -0.39 is 62.8 Å². The predicted octanol–water partition coefficient (Wildman–Crippen LogP) is 3.97. The Balaban J connectivity index is 2.11. The summed E-state index contributed by atoms with van der Waals surface area (Å²) in [6.45, 7) is -3.39. The van der Waals surface area contributed by atoms with Crippen molar-refractivity contribution in [2.24, 2.45) is 0 Å². The molecule has 0 bridgehead atoms. The first-order valence-electron chi connectivity index (χ1n) is 8.67. The van der Waals surface area contributed by atoms with Gasteiger partial charge in [-0.25, -0.2) is 30.4 Å². The number of alkyl halides is 2. The molecule has 5 nitrogen and oxygen atoms in total. The predicted molar refractivity (Wildman–Crippen MR) is 91.4 cm³/mol. The first-order valence-corrected chi connectivity index (χ1v) is 10.2. The molecule has 1 atom stereocenters. The van der Waals surface area contributed by atoms with Crippen LogP contribution in [-0.2, 0) is 20.3 Å². The van der Waals surface area contributed by atoms with Gasteiger partial charge in [0.25, 0.3) is 0 Å². The molecule has 0 saturated carbocycles.